The van der Waals surface area contributed by atoms with E-state index in [-0.39, 0.29) is 17.6 Å². The highest BCUT2D eigenvalue weighted by molar-refractivity contribution is 5.93. The molecule has 0 aliphatic carbocycles. The quantitative estimate of drug-likeness (QED) is 0.669. The number of rotatable bonds is 1. The summed E-state index contributed by atoms with van der Waals surface area (Å²) in [5.41, 5.74) is 0.899. The van der Waals surface area contributed by atoms with E-state index in [1.54, 1.807) is 18.3 Å². The molecule has 0 aromatic heterocycles. The average Bonchev–Trinajstić information content (AvgIpc) is 2.19. The second kappa shape index (κ2) is 3.70. The topological polar surface area (TPSA) is 29.4 Å². The third kappa shape index (κ3) is 1.87. The van der Waals surface area contributed by atoms with Crippen LogP contribution in [0.2, 0.25) is 0 Å². The van der Waals surface area contributed by atoms with E-state index in [4.69, 9.17) is 0 Å². The molecule has 1 aliphatic rings. The number of hydrogen-bond acceptors (Lipinski definition) is 2. The molecule has 72 valence electrons. The van der Waals surface area contributed by atoms with E-state index in [9.17, 15) is 9.18 Å². The molecule has 3 heteroatoms. The minimum absolute atomic E-state index is 0.114. The van der Waals surface area contributed by atoms with Crippen LogP contribution in [0.15, 0.2) is 29.3 Å². The number of carbonyl (C=O) groups is 1. The Morgan fingerprint density at radius 1 is 1.29 bits per heavy atom. The number of Topliss-reactive ketones (excluding diaryl/α,β-unsaturated/α-hetero) is 1. The Hall–Kier alpha value is -1.51. The van der Waals surface area contributed by atoms with Crippen LogP contribution in [0.1, 0.15) is 24.4 Å². The molecule has 0 spiro atoms. The smallest absolute Gasteiger partial charge is 0.140 e. The van der Waals surface area contributed by atoms with Crippen LogP contribution in [-0.4, -0.2) is 12.0 Å². The van der Waals surface area contributed by atoms with Gasteiger partial charge in [-0.05, 0) is 17.7 Å². The van der Waals surface area contributed by atoms with Crippen molar-refractivity contribution in [3.8, 4) is 0 Å². The van der Waals surface area contributed by atoms with E-state index < -0.39 is 0 Å². The Labute approximate surface area is 81.5 Å². The highest BCUT2D eigenvalue weighted by Crippen LogP contribution is 2.24. The minimum Gasteiger partial charge on any atom is -0.299 e. The van der Waals surface area contributed by atoms with Gasteiger partial charge in [0.25, 0.3) is 0 Å². The molecule has 2 nitrogen and oxygen atoms in total. The van der Waals surface area contributed by atoms with Crippen molar-refractivity contribution in [1.29, 1.82) is 0 Å². The average molecular weight is 191 g/mol. The van der Waals surface area contributed by atoms with Gasteiger partial charge < -0.3 is 0 Å². The van der Waals surface area contributed by atoms with E-state index in [0.29, 0.717) is 12.8 Å². The summed E-state index contributed by atoms with van der Waals surface area (Å²) >= 11 is 0. The van der Waals surface area contributed by atoms with Gasteiger partial charge in [-0.15, -0.1) is 0 Å². The molecule has 1 aromatic carbocycles. The van der Waals surface area contributed by atoms with Crippen molar-refractivity contribution in [2.75, 3.05) is 0 Å². The van der Waals surface area contributed by atoms with Crippen LogP contribution in [0.3, 0.4) is 0 Å². The Bertz CT molecular complexity index is 369. The first-order valence-electron chi connectivity index (χ1n) is 4.54. The summed E-state index contributed by atoms with van der Waals surface area (Å²) < 4.78 is 12.6. The Kier molecular flexibility index (Phi) is 2.39. The van der Waals surface area contributed by atoms with Crippen LogP contribution < -0.4 is 0 Å². The van der Waals surface area contributed by atoms with Gasteiger partial charge in [-0.3, -0.25) is 9.79 Å². The summed E-state index contributed by atoms with van der Waals surface area (Å²) in [6.45, 7) is 0. The van der Waals surface area contributed by atoms with E-state index in [2.05, 4.69) is 4.99 Å². The highest BCUT2D eigenvalue weighted by Gasteiger charge is 2.17. The number of carbonyl (C=O) groups excluding carboxylic acids is 1. The molecular formula is C11H10FNO. The molecule has 0 bridgehead atoms. The molecule has 0 N–H and O–H groups in total. The van der Waals surface area contributed by atoms with Gasteiger partial charge >= 0.3 is 0 Å². The summed E-state index contributed by atoms with van der Waals surface area (Å²) in [4.78, 5) is 15.4. The van der Waals surface area contributed by atoms with Crippen LogP contribution in [0, 0.1) is 5.82 Å². The standard InChI is InChI=1S/C11H10FNO/c12-9-3-1-8(2-4-9)11-7-10(14)5-6-13-11/h1-4,6,11H,5,7H2/t11-/m0/s1. The SMILES string of the molecule is O=C1CC=N[C@H](c2ccc(F)cc2)C1. The molecule has 1 aliphatic heterocycles. The third-order valence-electron chi connectivity index (χ3n) is 2.28. The van der Waals surface area contributed by atoms with E-state index >= 15 is 0 Å². The molecule has 0 saturated heterocycles. The number of aliphatic imine (C=N–C) groups is 1. The summed E-state index contributed by atoms with van der Waals surface area (Å²) in [6.07, 6.45) is 2.50. The maximum Gasteiger partial charge on any atom is 0.140 e. The van der Waals surface area contributed by atoms with Gasteiger partial charge in [0.05, 0.1) is 6.04 Å². The fourth-order valence-electron chi connectivity index (χ4n) is 1.52. The van der Waals surface area contributed by atoms with Crippen molar-refractivity contribution in [1.82, 2.24) is 0 Å². The molecule has 2 rings (SSSR count). The summed E-state index contributed by atoms with van der Waals surface area (Å²) in [5, 5.41) is 0. The summed E-state index contributed by atoms with van der Waals surface area (Å²) in [5.74, 6) is -0.0748. The van der Waals surface area contributed by atoms with Crippen molar-refractivity contribution in [3.05, 3.63) is 35.6 Å². The maximum absolute atomic E-state index is 12.6. The lowest BCUT2D eigenvalue weighted by molar-refractivity contribution is -0.118. The highest BCUT2D eigenvalue weighted by atomic mass is 19.1. The second-order valence-corrected chi connectivity index (χ2v) is 3.35. The summed E-state index contributed by atoms with van der Waals surface area (Å²) in [6, 6.07) is 6.02. The monoisotopic (exact) mass is 191 g/mol. The number of nitrogens with zero attached hydrogens (tertiary/aromatic N) is 1. The predicted octanol–water partition coefficient (Wildman–Crippen LogP) is 2.30. The Morgan fingerprint density at radius 3 is 2.64 bits per heavy atom. The van der Waals surface area contributed by atoms with Crippen molar-refractivity contribution in [3.63, 3.8) is 0 Å². The van der Waals surface area contributed by atoms with Gasteiger partial charge in [0, 0.05) is 19.1 Å². The zero-order chi connectivity index (χ0) is 9.97. The maximum atomic E-state index is 12.6. The van der Waals surface area contributed by atoms with Crippen LogP contribution in [0.4, 0.5) is 4.39 Å². The number of halogens is 1. The lowest BCUT2D eigenvalue weighted by Gasteiger charge is -2.14. The molecule has 1 aromatic rings. The predicted molar refractivity (Wildman–Crippen MR) is 51.9 cm³/mol. The Balaban J connectivity index is 2.22. The van der Waals surface area contributed by atoms with Crippen LogP contribution in [0.5, 0.6) is 0 Å². The molecule has 0 saturated carbocycles. The lowest BCUT2D eigenvalue weighted by atomic mass is 9.99. The first kappa shape index (κ1) is 9.06. The van der Waals surface area contributed by atoms with Crippen molar-refractivity contribution >= 4 is 12.0 Å². The van der Waals surface area contributed by atoms with Crippen LogP contribution >= 0.6 is 0 Å². The fourth-order valence-corrected chi connectivity index (χ4v) is 1.52. The first-order valence-corrected chi connectivity index (χ1v) is 4.54. The van der Waals surface area contributed by atoms with Gasteiger partial charge in [-0.2, -0.15) is 0 Å². The zero-order valence-corrected chi connectivity index (χ0v) is 7.61. The van der Waals surface area contributed by atoms with Gasteiger partial charge in [-0.25, -0.2) is 4.39 Å². The molecular weight excluding hydrogens is 181 g/mol. The molecule has 0 amide bonds. The third-order valence-corrected chi connectivity index (χ3v) is 2.28. The minimum atomic E-state index is -0.264. The summed E-state index contributed by atoms with van der Waals surface area (Å²) in [7, 11) is 0. The second-order valence-electron chi connectivity index (χ2n) is 3.35. The van der Waals surface area contributed by atoms with Gasteiger partial charge in [0.2, 0.25) is 0 Å². The number of hydrogen-bond donors (Lipinski definition) is 0. The molecule has 1 heterocycles. The van der Waals surface area contributed by atoms with Gasteiger partial charge in [0.1, 0.15) is 11.6 Å². The Morgan fingerprint density at radius 2 is 2.00 bits per heavy atom. The molecule has 1 atom stereocenters. The van der Waals surface area contributed by atoms with Crippen molar-refractivity contribution in [2.45, 2.75) is 18.9 Å². The molecule has 14 heavy (non-hydrogen) atoms. The van der Waals surface area contributed by atoms with Crippen LogP contribution in [0.25, 0.3) is 0 Å². The molecule has 0 unspecified atom stereocenters. The van der Waals surface area contributed by atoms with E-state index in [1.807, 2.05) is 0 Å². The number of benzene rings is 1. The first-order chi connectivity index (χ1) is 6.75. The van der Waals surface area contributed by atoms with E-state index in [1.165, 1.54) is 12.1 Å². The van der Waals surface area contributed by atoms with E-state index in [0.717, 1.165) is 5.56 Å². The fraction of sp³-hybridized carbons (Fsp3) is 0.273. The van der Waals surface area contributed by atoms with Crippen molar-refractivity contribution < 1.29 is 9.18 Å². The molecule has 0 fully saturated rings. The molecule has 0 radical (unpaired) electrons. The lowest BCUT2D eigenvalue weighted by Crippen LogP contribution is -2.11. The zero-order valence-electron chi connectivity index (χ0n) is 7.61. The van der Waals surface area contributed by atoms with Gasteiger partial charge in [-0.1, -0.05) is 12.1 Å². The normalized spacial score (nSPS) is 21.2. The van der Waals surface area contributed by atoms with Gasteiger partial charge in [0.15, 0.2) is 0 Å². The number of ketones is 1. The van der Waals surface area contributed by atoms with Crippen LogP contribution in [-0.2, 0) is 4.79 Å². The largest absolute Gasteiger partial charge is 0.299 e. The van der Waals surface area contributed by atoms with Crippen molar-refractivity contribution in [2.24, 2.45) is 4.99 Å².